The molecule has 3 N–H and O–H groups in total. The Morgan fingerprint density at radius 2 is 1.61 bits per heavy atom. The predicted octanol–water partition coefficient (Wildman–Crippen LogP) is 6.03. The fourth-order valence-corrected chi connectivity index (χ4v) is 4.77. The summed E-state index contributed by atoms with van der Waals surface area (Å²) in [4.78, 5) is 21.1. The van der Waals surface area contributed by atoms with Crippen molar-refractivity contribution in [2.75, 3.05) is 0 Å². The maximum atomic E-state index is 12.2. The zero-order valence-corrected chi connectivity index (χ0v) is 21.1. The number of carboxylic acid groups (broad SMARTS) is 2. The van der Waals surface area contributed by atoms with Crippen molar-refractivity contribution >= 4 is 35.1 Å². The lowest BCUT2D eigenvalue weighted by atomic mass is 9.63. The van der Waals surface area contributed by atoms with Crippen LogP contribution in [0.3, 0.4) is 0 Å². The van der Waals surface area contributed by atoms with Crippen molar-refractivity contribution in [2.45, 2.75) is 56.8 Å². The molecule has 6 nitrogen and oxygen atoms in total. The van der Waals surface area contributed by atoms with E-state index < -0.39 is 35.5 Å². The second-order valence-electron chi connectivity index (χ2n) is 9.62. The summed E-state index contributed by atoms with van der Waals surface area (Å²) in [7, 11) is 0. The average molecular weight is 545 g/mol. The van der Waals surface area contributed by atoms with Gasteiger partial charge in [-0.25, -0.2) is 4.79 Å². The van der Waals surface area contributed by atoms with Gasteiger partial charge < -0.3 is 10.2 Å². The summed E-state index contributed by atoms with van der Waals surface area (Å²) in [6.45, 7) is 6.25. The normalized spacial score (nSPS) is 23.8. The highest BCUT2D eigenvalue weighted by atomic mass is 35.5. The molecule has 2 aromatic rings. The number of carboxylic acids is 2. The van der Waals surface area contributed by atoms with Gasteiger partial charge in [0, 0.05) is 22.0 Å². The quantitative estimate of drug-likeness (QED) is 0.433. The zero-order chi connectivity index (χ0) is 27.5. The molecule has 4 atom stereocenters. The molecule has 1 heterocycles. The van der Waals surface area contributed by atoms with Crippen LogP contribution in [0.1, 0.15) is 44.2 Å². The number of nitrogens with zero attached hydrogens (tertiary/aromatic N) is 1. The van der Waals surface area contributed by atoms with Gasteiger partial charge in [0.05, 0.1) is 6.07 Å². The summed E-state index contributed by atoms with van der Waals surface area (Å²) < 4.78 is 31.7. The fraction of sp³-hybridized carbons (Fsp3) is 0.400. The molecule has 0 aromatic heterocycles. The minimum Gasteiger partial charge on any atom is -0.480 e. The van der Waals surface area contributed by atoms with Crippen LogP contribution in [0.4, 0.5) is 13.2 Å². The number of hydrogen-bond acceptors (Lipinski definition) is 4. The SMILES string of the molecule is CC(C)(C)C[C@@H]1N[C@@H](C(=O)O)[C@H](c2cccc(Cl)c2)[C@@]1(C#N)c1ccc(Cl)cc1.O=C(O)C(F)(F)F. The van der Waals surface area contributed by atoms with Gasteiger partial charge >= 0.3 is 18.1 Å². The molecule has 0 saturated carbocycles. The molecule has 0 spiro atoms. The number of alkyl halides is 3. The van der Waals surface area contributed by atoms with Gasteiger partial charge in [0.15, 0.2) is 0 Å². The summed E-state index contributed by atoms with van der Waals surface area (Å²) in [6, 6.07) is 15.5. The molecule has 11 heteroatoms. The summed E-state index contributed by atoms with van der Waals surface area (Å²) in [6.07, 6.45) is -4.45. The molecule has 0 amide bonds. The fourth-order valence-electron chi connectivity index (χ4n) is 4.44. The lowest BCUT2D eigenvalue weighted by molar-refractivity contribution is -0.192. The first-order valence-electron chi connectivity index (χ1n) is 10.7. The van der Waals surface area contributed by atoms with Crippen LogP contribution in [-0.4, -0.2) is 40.4 Å². The molecule has 0 unspecified atom stereocenters. The summed E-state index contributed by atoms with van der Waals surface area (Å²) in [5, 5.41) is 32.1. The van der Waals surface area contributed by atoms with Crippen LogP contribution < -0.4 is 5.32 Å². The Morgan fingerprint density at radius 1 is 1.06 bits per heavy atom. The minimum absolute atomic E-state index is 0.113. The lowest BCUT2D eigenvalue weighted by Gasteiger charge is -2.37. The Morgan fingerprint density at radius 3 is 2.03 bits per heavy atom. The number of hydrogen-bond donors (Lipinski definition) is 3. The topological polar surface area (TPSA) is 110 Å². The van der Waals surface area contributed by atoms with Gasteiger partial charge in [-0.05, 0) is 47.2 Å². The van der Waals surface area contributed by atoms with E-state index in [0.29, 0.717) is 16.5 Å². The van der Waals surface area contributed by atoms with Crippen LogP contribution in [0.2, 0.25) is 10.0 Å². The Kier molecular flexibility index (Phi) is 9.05. The van der Waals surface area contributed by atoms with Gasteiger partial charge in [-0.1, -0.05) is 68.2 Å². The third-order valence-electron chi connectivity index (χ3n) is 5.79. The van der Waals surface area contributed by atoms with Crippen LogP contribution in [0.15, 0.2) is 48.5 Å². The first-order valence-corrected chi connectivity index (χ1v) is 11.5. The van der Waals surface area contributed by atoms with E-state index in [0.717, 1.165) is 11.1 Å². The molecule has 2 aromatic carbocycles. The summed E-state index contributed by atoms with van der Waals surface area (Å²) >= 11 is 12.3. The van der Waals surface area contributed by atoms with Gasteiger partial charge in [-0.15, -0.1) is 0 Å². The molecule has 0 aliphatic carbocycles. The molecule has 36 heavy (non-hydrogen) atoms. The molecule has 0 radical (unpaired) electrons. The van der Waals surface area contributed by atoms with Gasteiger partial charge in [-0.3, -0.25) is 10.1 Å². The van der Waals surface area contributed by atoms with Crippen LogP contribution in [-0.2, 0) is 15.0 Å². The van der Waals surface area contributed by atoms with Crippen molar-refractivity contribution in [3.05, 3.63) is 69.7 Å². The van der Waals surface area contributed by atoms with Crippen molar-refractivity contribution in [1.82, 2.24) is 5.32 Å². The molecule has 3 rings (SSSR count). The van der Waals surface area contributed by atoms with E-state index >= 15 is 0 Å². The summed E-state index contributed by atoms with van der Waals surface area (Å²) in [5.41, 5.74) is 0.273. The lowest BCUT2D eigenvalue weighted by Crippen LogP contribution is -2.44. The molecular formula is C25H25Cl2F3N2O4. The number of carbonyl (C=O) groups is 2. The van der Waals surface area contributed by atoms with E-state index in [-0.39, 0.29) is 11.5 Å². The molecular weight excluding hydrogens is 520 g/mol. The van der Waals surface area contributed by atoms with E-state index in [9.17, 15) is 28.3 Å². The molecule has 194 valence electrons. The number of nitrogens with one attached hydrogen (secondary N) is 1. The third-order valence-corrected chi connectivity index (χ3v) is 6.28. The first kappa shape index (κ1) is 29.4. The number of aliphatic carboxylic acids is 2. The van der Waals surface area contributed by atoms with Crippen molar-refractivity contribution in [1.29, 1.82) is 5.26 Å². The Bertz CT molecular complexity index is 1140. The van der Waals surface area contributed by atoms with E-state index in [4.69, 9.17) is 33.1 Å². The summed E-state index contributed by atoms with van der Waals surface area (Å²) in [5.74, 6) is -4.36. The van der Waals surface area contributed by atoms with E-state index in [1.54, 1.807) is 30.3 Å². The zero-order valence-electron chi connectivity index (χ0n) is 19.6. The first-order chi connectivity index (χ1) is 16.5. The smallest absolute Gasteiger partial charge is 0.480 e. The Labute approximate surface area is 216 Å². The molecule has 1 saturated heterocycles. The van der Waals surface area contributed by atoms with Gasteiger partial charge in [0.1, 0.15) is 11.5 Å². The van der Waals surface area contributed by atoms with E-state index in [1.165, 1.54) is 0 Å². The van der Waals surface area contributed by atoms with E-state index in [2.05, 4.69) is 32.2 Å². The third kappa shape index (κ3) is 6.69. The Balaban J connectivity index is 0.000000572. The van der Waals surface area contributed by atoms with Crippen LogP contribution >= 0.6 is 23.2 Å². The van der Waals surface area contributed by atoms with Crippen molar-refractivity contribution in [3.8, 4) is 6.07 Å². The molecule has 1 aliphatic heterocycles. The number of rotatable bonds is 4. The van der Waals surface area contributed by atoms with Gasteiger partial charge in [0.2, 0.25) is 0 Å². The van der Waals surface area contributed by atoms with E-state index in [1.807, 2.05) is 18.2 Å². The standard InChI is InChI=1S/C23H24Cl2N2O2.C2HF3O2/c1-22(2,3)12-18-23(13-26,15-7-9-16(24)10-8-15)19(20(27-18)21(28)29)14-5-4-6-17(25)11-14;3-2(4,5)1(6)7/h4-11,18-20,27H,12H2,1-3H3,(H,28,29);(H,6,7)/t18-,19-,20+,23-;/m0./s1. The van der Waals surface area contributed by atoms with Crippen molar-refractivity contribution in [3.63, 3.8) is 0 Å². The number of benzene rings is 2. The second-order valence-corrected chi connectivity index (χ2v) is 10.5. The van der Waals surface area contributed by atoms with Crippen LogP contribution in [0.5, 0.6) is 0 Å². The van der Waals surface area contributed by atoms with Gasteiger partial charge in [-0.2, -0.15) is 18.4 Å². The van der Waals surface area contributed by atoms with Crippen molar-refractivity contribution in [2.24, 2.45) is 5.41 Å². The largest absolute Gasteiger partial charge is 0.490 e. The number of halogens is 5. The van der Waals surface area contributed by atoms with Crippen LogP contribution in [0, 0.1) is 16.7 Å². The Hall–Kier alpha value is -2.80. The maximum absolute atomic E-state index is 12.2. The maximum Gasteiger partial charge on any atom is 0.490 e. The van der Waals surface area contributed by atoms with Crippen molar-refractivity contribution < 1.29 is 33.0 Å². The number of nitriles is 1. The molecule has 0 bridgehead atoms. The minimum atomic E-state index is -5.08. The van der Waals surface area contributed by atoms with Crippen LogP contribution in [0.25, 0.3) is 0 Å². The van der Waals surface area contributed by atoms with Gasteiger partial charge in [0.25, 0.3) is 0 Å². The second kappa shape index (κ2) is 11.1. The highest BCUT2D eigenvalue weighted by molar-refractivity contribution is 6.30. The monoisotopic (exact) mass is 544 g/mol. The highest BCUT2D eigenvalue weighted by Gasteiger charge is 2.59. The molecule has 1 aliphatic rings. The molecule has 1 fully saturated rings. The highest BCUT2D eigenvalue weighted by Crippen LogP contribution is 2.51. The predicted molar refractivity (Wildman–Crippen MR) is 129 cm³/mol. The average Bonchev–Trinajstić information content (AvgIpc) is 3.07.